The van der Waals surface area contributed by atoms with Crippen molar-refractivity contribution < 1.29 is 18.7 Å². The van der Waals surface area contributed by atoms with Crippen molar-refractivity contribution in [3.8, 4) is 17.6 Å². The van der Waals surface area contributed by atoms with Crippen LogP contribution in [0.2, 0.25) is 5.02 Å². The van der Waals surface area contributed by atoms with Crippen LogP contribution in [0.3, 0.4) is 0 Å². The molecular formula is C20H19ClFN3O3. The maximum Gasteiger partial charge on any atom is 0.263 e. The predicted molar refractivity (Wildman–Crippen MR) is 105 cm³/mol. The largest absolute Gasteiger partial charge is 0.493 e. The van der Waals surface area contributed by atoms with Crippen LogP contribution in [0.25, 0.3) is 0 Å². The first kappa shape index (κ1) is 21.1. The number of hydrogen-bond acceptors (Lipinski definition) is 5. The molecule has 0 aliphatic heterocycles. The summed E-state index contributed by atoms with van der Waals surface area (Å²) in [6.07, 6.45) is 1.79. The van der Waals surface area contributed by atoms with E-state index in [9.17, 15) is 14.4 Å². The SMILES string of the molecule is COc1ccc(CCNC(=O)/C(C#N)=C\Nc2ccc(F)c(Cl)c2)cc1OC. The molecule has 0 atom stereocenters. The van der Waals surface area contributed by atoms with Gasteiger partial charge in [-0.1, -0.05) is 17.7 Å². The van der Waals surface area contributed by atoms with Gasteiger partial charge in [0.25, 0.3) is 5.91 Å². The van der Waals surface area contributed by atoms with E-state index >= 15 is 0 Å². The van der Waals surface area contributed by atoms with E-state index in [1.807, 2.05) is 18.2 Å². The molecule has 6 nitrogen and oxygen atoms in total. The van der Waals surface area contributed by atoms with Gasteiger partial charge in [-0.05, 0) is 42.3 Å². The summed E-state index contributed by atoms with van der Waals surface area (Å²) in [4.78, 5) is 12.2. The topological polar surface area (TPSA) is 83.4 Å². The number of hydrogen-bond donors (Lipinski definition) is 2. The van der Waals surface area contributed by atoms with Crippen LogP contribution in [0.15, 0.2) is 48.2 Å². The normalized spacial score (nSPS) is 10.8. The second kappa shape index (κ2) is 10.2. The standard InChI is InChI=1S/C20H19ClFN3O3/c1-27-18-6-3-13(9-19(18)28-2)7-8-24-20(26)14(11-23)12-25-15-4-5-17(22)16(21)10-15/h3-6,9-10,12,25H,7-8H2,1-2H3,(H,24,26)/b14-12-. The first-order chi connectivity index (χ1) is 13.5. The molecule has 0 aliphatic rings. The van der Waals surface area contributed by atoms with E-state index < -0.39 is 11.7 Å². The summed E-state index contributed by atoms with van der Waals surface area (Å²) in [6.45, 7) is 0.329. The van der Waals surface area contributed by atoms with Crippen molar-refractivity contribution in [3.63, 3.8) is 0 Å². The monoisotopic (exact) mass is 403 g/mol. The highest BCUT2D eigenvalue weighted by Gasteiger charge is 2.09. The lowest BCUT2D eigenvalue weighted by atomic mass is 10.1. The smallest absolute Gasteiger partial charge is 0.263 e. The molecule has 2 aromatic rings. The lowest BCUT2D eigenvalue weighted by Crippen LogP contribution is -2.27. The molecule has 0 aliphatic carbocycles. The van der Waals surface area contributed by atoms with E-state index in [2.05, 4.69) is 10.6 Å². The zero-order valence-electron chi connectivity index (χ0n) is 15.4. The molecule has 0 unspecified atom stereocenters. The summed E-state index contributed by atoms with van der Waals surface area (Å²) in [5.74, 6) is 0.149. The molecule has 0 heterocycles. The number of nitrogens with one attached hydrogen (secondary N) is 2. The number of nitriles is 1. The number of amides is 1. The summed E-state index contributed by atoms with van der Waals surface area (Å²) in [7, 11) is 3.11. The van der Waals surface area contributed by atoms with Crippen LogP contribution < -0.4 is 20.1 Å². The third kappa shape index (κ3) is 5.63. The maximum absolute atomic E-state index is 13.2. The van der Waals surface area contributed by atoms with Crippen molar-refractivity contribution in [1.82, 2.24) is 5.32 Å². The van der Waals surface area contributed by atoms with E-state index in [-0.39, 0.29) is 10.6 Å². The van der Waals surface area contributed by atoms with Crippen LogP contribution in [0.1, 0.15) is 5.56 Å². The number of rotatable bonds is 8. The van der Waals surface area contributed by atoms with Crippen LogP contribution in [0, 0.1) is 17.1 Å². The fourth-order valence-corrected chi connectivity index (χ4v) is 2.52. The Bertz CT molecular complexity index is 925. The first-order valence-electron chi connectivity index (χ1n) is 8.29. The molecule has 0 saturated carbocycles. The molecule has 0 bridgehead atoms. The van der Waals surface area contributed by atoms with E-state index in [0.29, 0.717) is 30.2 Å². The van der Waals surface area contributed by atoms with Crippen LogP contribution in [-0.4, -0.2) is 26.7 Å². The Kier molecular flexibility index (Phi) is 7.66. The van der Waals surface area contributed by atoms with E-state index in [4.69, 9.17) is 21.1 Å². The molecule has 0 radical (unpaired) electrons. The van der Waals surface area contributed by atoms with Crippen LogP contribution in [-0.2, 0) is 11.2 Å². The molecule has 0 saturated heterocycles. The minimum absolute atomic E-state index is 0.0590. The Hall–Kier alpha value is -3.24. The highest BCUT2D eigenvalue weighted by Crippen LogP contribution is 2.27. The molecule has 0 spiro atoms. The molecule has 2 N–H and O–H groups in total. The van der Waals surface area contributed by atoms with Crippen molar-refractivity contribution in [3.05, 3.63) is 64.6 Å². The summed E-state index contributed by atoms with van der Waals surface area (Å²) in [6, 6.07) is 11.3. The van der Waals surface area contributed by atoms with E-state index in [1.54, 1.807) is 20.3 Å². The molecule has 28 heavy (non-hydrogen) atoms. The average Bonchev–Trinajstić information content (AvgIpc) is 2.70. The van der Waals surface area contributed by atoms with Gasteiger partial charge >= 0.3 is 0 Å². The summed E-state index contributed by atoms with van der Waals surface area (Å²) in [5.41, 5.74) is 1.28. The summed E-state index contributed by atoms with van der Waals surface area (Å²) >= 11 is 5.70. The summed E-state index contributed by atoms with van der Waals surface area (Å²) in [5, 5.41) is 14.6. The zero-order valence-corrected chi connectivity index (χ0v) is 16.1. The van der Waals surface area contributed by atoms with Gasteiger partial charge in [0.05, 0.1) is 19.2 Å². The van der Waals surface area contributed by atoms with Crippen LogP contribution in [0.4, 0.5) is 10.1 Å². The van der Waals surface area contributed by atoms with Gasteiger partial charge in [0.1, 0.15) is 17.5 Å². The van der Waals surface area contributed by atoms with Gasteiger partial charge in [0.2, 0.25) is 0 Å². The van der Waals surface area contributed by atoms with Gasteiger partial charge < -0.3 is 20.1 Å². The van der Waals surface area contributed by atoms with Crippen molar-refractivity contribution in [2.75, 3.05) is 26.1 Å². The average molecular weight is 404 g/mol. The Balaban J connectivity index is 1.93. The van der Waals surface area contributed by atoms with Crippen LogP contribution >= 0.6 is 11.6 Å². The predicted octanol–water partition coefficient (Wildman–Crippen LogP) is 3.67. The molecular weight excluding hydrogens is 385 g/mol. The number of anilines is 1. The second-order valence-corrected chi connectivity index (χ2v) is 6.05. The second-order valence-electron chi connectivity index (χ2n) is 5.64. The molecule has 146 valence electrons. The Morgan fingerprint density at radius 1 is 1.21 bits per heavy atom. The minimum Gasteiger partial charge on any atom is -0.493 e. The first-order valence-corrected chi connectivity index (χ1v) is 8.67. The number of benzene rings is 2. The van der Waals surface area contributed by atoms with Gasteiger partial charge in [-0.2, -0.15) is 5.26 Å². The van der Waals surface area contributed by atoms with Crippen molar-refractivity contribution >= 4 is 23.2 Å². The molecule has 1 amide bonds. The molecule has 0 aromatic heterocycles. The molecule has 2 rings (SSSR count). The third-order valence-corrected chi connectivity index (χ3v) is 4.10. The third-order valence-electron chi connectivity index (χ3n) is 3.82. The highest BCUT2D eigenvalue weighted by molar-refractivity contribution is 6.31. The van der Waals surface area contributed by atoms with Gasteiger partial charge in [0, 0.05) is 18.4 Å². The van der Waals surface area contributed by atoms with Gasteiger partial charge in [0.15, 0.2) is 11.5 Å². The molecule has 2 aromatic carbocycles. The number of methoxy groups -OCH3 is 2. The van der Waals surface area contributed by atoms with Crippen molar-refractivity contribution in [1.29, 1.82) is 5.26 Å². The minimum atomic E-state index is -0.551. The Morgan fingerprint density at radius 3 is 2.61 bits per heavy atom. The Labute approximate surface area is 167 Å². The van der Waals surface area contributed by atoms with Crippen molar-refractivity contribution in [2.45, 2.75) is 6.42 Å². The van der Waals surface area contributed by atoms with Gasteiger partial charge in [-0.3, -0.25) is 4.79 Å². The van der Waals surface area contributed by atoms with E-state index in [0.717, 1.165) is 5.56 Å². The number of carbonyl (C=O) groups is 1. The van der Waals surface area contributed by atoms with Gasteiger partial charge in [-0.25, -0.2) is 4.39 Å². The quantitative estimate of drug-likeness (QED) is 0.519. The molecule has 0 fully saturated rings. The number of nitrogens with zero attached hydrogens (tertiary/aromatic N) is 1. The fourth-order valence-electron chi connectivity index (χ4n) is 2.34. The maximum atomic E-state index is 13.2. The highest BCUT2D eigenvalue weighted by atomic mass is 35.5. The van der Waals surface area contributed by atoms with E-state index in [1.165, 1.54) is 24.4 Å². The molecule has 8 heteroatoms. The van der Waals surface area contributed by atoms with Crippen LogP contribution in [0.5, 0.6) is 11.5 Å². The Morgan fingerprint density at radius 2 is 1.96 bits per heavy atom. The number of carbonyl (C=O) groups excluding carboxylic acids is 1. The van der Waals surface area contributed by atoms with Gasteiger partial charge in [-0.15, -0.1) is 0 Å². The number of ether oxygens (including phenoxy) is 2. The summed E-state index contributed by atoms with van der Waals surface area (Å²) < 4.78 is 23.6. The lowest BCUT2D eigenvalue weighted by molar-refractivity contribution is -0.117. The number of halogens is 2. The zero-order chi connectivity index (χ0) is 20.5. The van der Waals surface area contributed by atoms with Crippen molar-refractivity contribution in [2.24, 2.45) is 0 Å². The lowest BCUT2D eigenvalue weighted by Gasteiger charge is -2.10. The fraction of sp³-hybridized carbons (Fsp3) is 0.200.